The molecule has 0 aromatic heterocycles. The van der Waals surface area contributed by atoms with E-state index >= 15 is 0 Å². The molecule has 1 saturated carbocycles. The number of nitrogens with zero attached hydrogens (tertiary/aromatic N) is 3. The molecule has 92 valence electrons. The molecule has 16 heavy (non-hydrogen) atoms. The molecule has 0 aromatic carbocycles. The summed E-state index contributed by atoms with van der Waals surface area (Å²) in [6.45, 7) is 8.23. The molecule has 4 nitrogen and oxygen atoms in total. The molecule has 0 spiro atoms. The van der Waals surface area contributed by atoms with E-state index in [0.717, 1.165) is 26.2 Å². The van der Waals surface area contributed by atoms with E-state index in [1.165, 1.54) is 12.8 Å². The molecule has 0 atom stereocenters. The molecule has 0 aromatic rings. The van der Waals surface area contributed by atoms with E-state index in [1.54, 1.807) is 0 Å². The molecule has 4 heteroatoms. The van der Waals surface area contributed by atoms with Crippen molar-refractivity contribution in [3.63, 3.8) is 0 Å². The van der Waals surface area contributed by atoms with Gasteiger partial charge in [-0.3, -0.25) is 4.90 Å². The van der Waals surface area contributed by atoms with Crippen LogP contribution in [0.25, 0.3) is 0 Å². The molecule has 1 aliphatic heterocycles. The Morgan fingerprint density at radius 2 is 1.75 bits per heavy atom. The summed E-state index contributed by atoms with van der Waals surface area (Å²) in [7, 11) is 1.94. The molecule has 0 N–H and O–H groups in total. The van der Waals surface area contributed by atoms with Crippen molar-refractivity contribution >= 4 is 6.03 Å². The van der Waals surface area contributed by atoms with Crippen LogP contribution in [0.4, 0.5) is 4.79 Å². The van der Waals surface area contributed by atoms with Gasteiger partial charge in [-0.1, -0.05) is 0 Å². The Bertz CT molecular complexity index is 255. The molecule has 0 radical (unpaired) electrons. The van der Waals surface area contributed by atoms with Gasteiger partial charge in [-0.05, 0) is 26.7 Å². The quantitative estimate of drug-likeness (QED) is 0.706. The minimum Gasteiger partial charge on any atom is -0.325 e. The largest absolute Gasteiger partial charge is 0.325 e. The second-order valence-electron chi connectivity index (χ2n) is 5.24. The smallest absolute Gasteiger partial charge is 0.320 e. The molecule has 2 fully saturated rings. The Morgan fingerprint density at radius 1 is 1.19 bits per heavy atom. The Morgan fingerprint density at radius 3 is 2.19 bits per heavy atom. The van der Waals surface area contributed by atoms with Crippen LogP contribution in [0.2, 0.25) is 0 Å². The number of hydrogen-bond acceptors (Lipinski definition) is 2. The van der Waals surface area contributed by atoms with Crippen LogP contribution in [0.1, 0.15) is 26.7 Å². The Hall–Kier alpha value is -0.770. The first-order chi connectivity index (χ1) is 7.59. The normalized spacial score (nSPS) is 22.6. The van der Waals surface area contributed by atoms with Gasteiger partial charge < -0.3 is 9.80 Å². The lowest BCUT2D eigenvalue weighted by Crippen LogP contribution is -2.53. The number of urea groups is 1. The zero-order chi connectivity index (χ0) is 11.7. The van der Waals surface area contributed by atoms with Crippen molar-refractivity contribution in [3.05, 3.63) is 0 Å². The Labute approximate surface area is 98.2 Å². The van der Waals surface area contributed by atoms with Gasteiger partial charge in [0.15, 0.2) is 0 Å². The lowest BCUT2D eigenvalue weighted by atomic mass is 10.2. The number of rotatable bonds is 2. The van der Waals surface area contributed by atoms with Crippen molar-refractivity contribution < 1.29 is 4.79 Å². The van der Waals surface area contributed by atoms with Crippen LogP contribution in [-0.2, 0) is 0 Å². The summed E-state index contributed by atoms with van der Waals surface area (Å²) < 4.78 is 0. The molecule has 2 aliphatic rings. The number of carbonyl (C=O) groups excluding carboxylic acids is 1. The Balaban J connectivity index is 1.81. The summed E-state index contributed by atoms with van der Waals surface area (Å²) in [5.41, 5.74) is 0. The second-order valence-corrected chi connectivity index (χ2v) is 5.24. The second kappa shape index (κ2) is 4.62. The fourth-order valence-corrected chi connectivity index (χ4v) is 2.27. The zero-order valence-corrected chi connectivity index (χ0v) is 10.6. The van der Waals surface area contributed by atoms with Crippen molar-refractivity contribution in [3.8, 4) is 0 Å². The fraction of sp³-hybridized carbons (Fsp3) is 0.917. The lowest BCUT2D eigenvalue weighted by molar-refractivity contribution is 0.102. The topological polar surface area (TPSA) is 26.8 Å². The molecule has 1 aliphatic carbocycles. The van der Waals surface area contributed by atoms with Crippen molar-refractivity contribution in [2.45, 2.75) is 38.8 Å². The monoisotopic (exact) mass is 225 g/mol. The highest BCUT2D eigenvalue weighted by Gasteiger charge is 2.33. The minimum atomic E-state index is 0.228. The summed E-state index contributed by atoms with van der Waals surface area (Å²) in [4.78, 5) is 18.4. The van der Waals surface area contributed by atoms with E-state index in [-0.39, 0.29) is 6.03 Å². The molecular weight excluding hydrogens is 202 g/mol. The molecule has 1 heterocycles. The van der Waals surface area contributed by atoms with Gasteiger partial charge in [0.05, 0.1) is 0 Å². The van der Waals surface area contributed by atoms with Crippen molar-refractivity contribution in [2.75, 3.05) is 33.2 Å². The fourth-order valence-electron chi connectivity index (χ4n) is 2.27. The van der Waals surface area contributed by atoms with E-state index in [2.05, 4.69) is 18.7 Å². The number of amides is 2. The van der Waals surface area contributed by atoms with E-state index in [9.17, 15) is 4.79 Å². The van der Waals surface area contributed by atoms with Crippen LogP contribution < -0.4 is 0 Å². The number of carbonyl (C=O) groups is 1. The zero-order valence-electron chi connectivity index (χ0n) is 10.6. The number of hydrogen-bond donors (Lipinski definition) is 0. The predicted octanol–water partition coefficient (Wildman–Crippen LogP) is 1.23. The number of piperazine rings is 1. The summed E-state index contributed by atoms with van der Waals surface area (Å²) in [6, 6.07) is 1.35. The molecule has 1 saturated heterocycles. The van der Waals surface area contributed by atoms with Crippen molar-refractivity contribution in [1.82, 2.24) is 14.7 Å². The van der Waals surface area contributed by atoms with Gasteiger partial charge >= 0.3 is 6.03 Å². The van der Waals surface area contributed by atoms with Crippen LogP contribution in [0.3, 0.4) is 0 Å². The molecule has 2 amide bonds. The first-order valence-corrected chi connectivity index (χ1v) is 6.35. The summed E-state index contributed by atoms with van der Waals surface area (Å²) >= 11 is 0. The maximum Gasteiger partial charge on any atom is 0.320 e. The van der Waals surface area contributed by atoms with Crippen LogP contribution in [0.15, 0.2) is 0 Å². The van der Waals surface area contributed by atoms with Crippen LogP contribution in [0.5, 0.6) is 0 Å². The summed E-state index contributed by atoms with van der Waals surface area (Å²) in [5.74, 6) is 0. The third kappa shape index (κ3) is 2.48. The lowest BCUT2D eigenvalue weighted by Gasteiger charge is -2.38. The highest BCUT2D eigenvalue weighted by atomic mass is 16.2. The maximum atomic E-state index is 12.1. The highest BCUT2D eigenvalue weighted by Crippen LogP contribution is 2.26. The molecule has 0 bridgehead atoms. The van der Waals surface area contributed by atoms with Gasteiger partial charge in [-0.15, -0.1) is 0 Å². The average Bonchev–Trinajstić information content (AvgIpc) is 3.11. The third-order valence-corrected chi connectivity index (χ3v) is 3.71. The van der Waals surface area contributed by atoms with Crippen molar-refractivity contribution in [1.29, 1.82) is 0 Å². The predicted molar refractivity (Wildman–Crippen MR) is 64.5 cm³/mol. The maximum absolute atomic E-state index is 12.1. The Kier molecular flexibility index (Phi) is 3.38. The molecule has 0 unspecified atom stereocenters. The van der Waals surface area contributed by atoms with E-state index in [1.807, 2.05) is 16.8 Å². The van der Waals surface area contributed by atoms with Gasteiger partial charge in [0.25, 0.3) is 0 Å². The van der Waals surface area contributed by atoms with Gasteiger partial charge in [0.1, 0.15) is 0 Å². The first-order valence-electron chi connectivity index (χ1n) is 6.35. The van der Waals surface area contributed by atoms with E-state index in [4.69, 9.17) is 0 Å². The molecular formula is C12H23N3O. The van der Waals surface area contributed by atoms with E-state index < -0.39 is 0 Å². The van der Waals surface area contributed by atoms with Crippen molar-refractivity contribution in [2.24, 2.45) is 0 Å². The van der Waals surface area contributed by atoms with Gasteiger partial charge in [0, 0.05) is 45.3 Å². The van der Waals surface area contributed by atoms with Crippen LogP contribution in [0, 0.1) is 0 Å². The van der Waals surface area contributed by atoms with Gasteiger partial charge in [-0.25, -0.2) is 4.79 Å². The van der Waals surface area contributed by atoms with Gasteiger partial charge in [-0.2, -0.15) is 0 Å². The summed E-state index contributed by atoms with van der Waals surface area (Å²) in [5, 5.41) is 0. The SMILES string of the molecule is CC(C)N1CCN(C(=O)N(C)C2CC2)CC1. The highest BCUT2D eigenvalue weighted by molar-refractivity contribution is 5.75. The summed E-state index contributed by atoms with van der Waals surface area (Å²) in [6.07, 6.45) is 2.38. The standard InChI is InChI=1S/C12H23N3O/c1-10(2)14-6-8-15(9-7-14)12(16)13(3)11-4-5-11/h10-11H,4-9H2,1-3H3. The first kappa shape index (κ1) is 11.7. The minimum absolute atomic E-state index is 0.228. The molecule has 2 rings (SSSR count). The third-order valence-electron chi connectivity index (χ3n) is 3.71. The van der Waals surface area contributed by atoms with Crippen LogP contribution >= 0.6 is 0 Å². The average molecular weight is 225 g/mol. The van der Waals surface area contributed by atoms with Crippen LogP contribution in [-0.4, -0.2) is 66.0 Å². The van der Waals surface area contributed by atoms with E-state index in [0.29, 0.717) is 12.1 Å². The van der Waals surface area contributed by atoms with Gasteiger partial charge in [0.2, 0.25) is 0 Å².